The number of halogens is 14. The first-order valence-electron chi connectivity index (χ1n) is 18.1. The van der Waals surface area contributed by atoms with Crippen LogP contribution >= 0.6 is 46.4 Å². The van der Waals surface area contributed by atoms with E-state index in [9.17, 15) is 70.3 Å². The molecule has 4 aromatic carbocycles. The third kappa shape index (κ3) is 14.9. The summed E-state index contributed by atoms with van der Waals surface area (Å²) < 4.78 is 184. The third-order valence-corrected chi connectivity index (χ3v) is 12.3. The molecule has 0 aliphatic heterocycles. The van der Waals surface area contributed by atoms with Crippen LogP contribution in [0.4, 0.5) is 66.7 Å². The molecule has 376 valence electrons. The number of amides is 1. The van der Waals surface area contributed by atoms with Crippen LogP contribution in [0.3, 0.4) is 0 Å². The number of hydrogen-bond donors (Lipinski definition) is 4. The highest BCUT2D eigenvalue weighted by Crippen LogP contribution is 2.38. The fourth-order valence-corrected chi connectivity index (χ4v) is 8.21. The number of carboxylic acids is 1. The maximum atomic E-state index is 14.1. The predicted octanol–water partition coefficient (Wildman–Crippen LogP) is 12.3. The summed E-state index contributed by atoms with van der Waals surface area (Å²) in [6.07, 6.45) is -7.81. The van der Waals surface area contributed by atoms with Gasteiger partial charge in [-0.15, -0.1) is 0 Å². The van der Waals surface area contributed by atoms with Crippen molar-refractivity contribution in [3.63, 3.8) is 0 Å². The number of sulfonamides is 2. The number of carbonyl (C=O) groups is 2. The lowest BCUT2D eigenvalue weighted by Gasteiger charge is -2.20. The van der Waals surface area contributed by atoms with E-state index in [0.717, 1.165) is 78.9 Å². The smallest absolute Gasteiger partial charge is 0.417 e. The van der Waals surface area contributed by atoms with E-state index in [1.165, 1.54) is 12.1 Å². The maximum Gasteiger partial charge on any atom is 0.417 e. The highest BCUT2D eigenvalue weighted by atomic mass is 35.5. The minimum Gasteiger partial charge on any atom is -0.476 e. The Labute approximate surface area is 411 Å². The topological polar surface area (TPSA) is 188 Å². The quantitative estimate of drug-likeness (QED) is 0.0961. The van der Waals surface area contributed by atoms with Gasteiger partial charge in [-0.1, -0.05) is 53.8 Å². The lowest BCUT2D eigenvalue weighted by Crippen LogP contribution is -2.29. The average molecular weight is 1110 g/mol. The summed E-state index contributed by atoms with van der Waals surface area (Å²) in [5, 5.41) is 10.0. The van der Waals surface area contributed by atoms with Gasteiger partial charge in [0, 0.05) is 38.6 Å². The van der Waals surface area contributed by atoms with Crippen molar-refractivity contribution in [3.8, 4) is 0 Å². The molecule has 0 aliphatic rings. The molecule has 6 aromatic rings. The van der Waals surface area contributed by atoms with Crippen LogP contribution in [0.5, 0.6) is 0 Å². The summed E-state index contributed by atoms with van der Waals surface area (Å²) in [7, 11) is -6.54. The van der Waals surface area contributed by atoms with E-state index in [1.807, 2.05) is 9.44 Å². The van der Waals surface area contributed by atoms with Gasteiger partial charge in [-0.3, -0.25) is 14.2 Å². The van der Waals surface area contributed by atoms with Gasteiger partial charge in [0.1, 0.15) is 23.3 Å². The molecule has 0 spiro atoms. The first-order valence-corrected chi connectivity index (χ1v) is 22.5. The SMILES string of the molecule is C.CN(C(=O)c1ncc(Cl)cc1NS(=O)(=O)c1ccc(Cl)c(C(F)(F)F)c1)c1ccc(F)cc1F.CNc1ccc(F)cc1F.O=C(O)c1ncc(Cl)cc1NS(=O)(=O)c1ccc(Cl)c(C(F)(F)F)c1. The Balaban J connectivity index is 0.000000314. The molecule has 0 bridgehead atoms. The third-order valence-electron chi connectivity index (χ3n) is 8.49. The summed E-state index contributed by atoms with van der Waals surface area (Å²) in [6, 6.07) is 11.6. The van der Waals surface area contributed by atoms with Crippen molar-refractivity contribution in [2.45, 2.75) is 29.6 Å². The number of hydrogen-bond acceptors (Lipinski definition) is 9. The van der Waals surface area contributed by atoms with Gasteiger partial charge in [-0.25, -0.2) is 49.2 Å². The molecule has 0 saturated carbocycles. The molecular formula is C41H30Cl4F10N6O7S2. The van der Waals surface area contributed by atoms with Gasteiger partial charge in [0.05, 0.1) is 63.8 Å². The standard InChI is InChI=1S/C20H12Cl2F5N3O3S.C13H7Cl2F3N2O4S.C7H7F2N.CH4/c1-30(17-5-2-11(23)7-15(17)24)19(31)18-16(6-10(21)9-28-18)29-34(32,33)12-3-4-14(22)13(8-12)20(25,26)27;14-6-3-10(11(12(21)22)19-5-6)20-25(23,24)7-1-2-9(15)8(4-7)13(16,17)18;1-10-7-3-2-5(8)4-6(7)9;/h2-9,29H,1H3;1-5,20H,(H,21,22);2-4,10H,1H3;1H4. The zero-order valence-corrected chi connectivity index (χ0v) is 38.7. The molecule has 70 heavy (non-hydrogen) atoms. The fourth-order valence-electron chi connectivity index (χ4n) is 5.27. The predicted molar refractivity (Wildman–Crippen MR) is 242 cm³/mol. The van der Waals surface area contributed by atoms with Crippen molar-refractivity contribution < 1.29 is 75.4 Å². The van der Waals surface area contributed by atoms with Crippen molar-refractivity contribution in [2.75, 3.05) is 33.8 Å². The molecule has 6 rings (SSSR count). The Morgan fingerprint density at radius 3 is 1.41 bits per heavy atom. The van der Waals surface area contributed by atoms with Crippen LogP contribution in [0.1, 0.15) is 39.5 Å². The number of anilines is 4. The van der Waals surface area contributed by atoms with E-state index in [4.69, 9.17) is 51.5 Å². The highest BCUT2D eigenvalue weighted by Gasteiger charge is 2.36. The van der Waals surface area contributed by atoms with E-state index >= 15 is 0 Å². The molecule has 0 radical (unpaired) electrons. The van der Waals surface area contributed by atoms with E-state index < -0.39 is 121 Å². The molecular weight excluding hydrogens is 1080 g/mol. The van der Waals surface area contributed by atoms with Gasteiger partial charge >= 0.3 is 18.3 Å². The molecule has 2 aromatic heterocycles. The minimum atomic E-state index is -4.93. The lowest BCUT2D eigenvalue weighted by atomic mass is 10.2. The van der Waals surface area contributed by atoms with E-state index in [1.54, 1.807) is 7.05 Å². The van der Waals surface area contributed by atoms with Crippen LogP contribution in [0.2, 0.25) is 20.1 Å². The van der Waals surface area contributed by atoms with Gasteiger partial charge < -0.3 is 15.3 Å². The molecule has 1 amide bonds. The van der Waals surface area contributed by atoms with Gasteiger partial charge in [-0.05, 0) is 72.8 Å². The average Bonchev–Trinajstić information content (AvgIpc) is 3.23. The number of aromatic carboxylic acids is 1. The largest absolute Gasteiger partial charge is 0.476 e. The first kappa shape index (κ1) is 58.2. The molecule has 2 heterocycles. The Hall–Kier alpha value is -6.12. The lowest BCUT2D eigenvalue weighted by molar-refractivity contribution is -0.138. The van der Waals surface area contributed by atoms with Crippen molar-refractivity contribution in [1.82, 2.24) is 9.97 Å². The van der Waals surface area contributed by atoms with Crippen molar-refractivity contribution >= 4 is 101 Å². The fraction of sp³-hybridized carbons (Fsp3) is 0.122. The Kier molecular flexibility index (Phi) is 19.3. The summed E-state index contributed by atoms with van der Waals surface area (Å²) >= 11 is 22.5. The van der Waals surface area contributed by atoms with Gasteiger partial charge in [-0.2, -0.15) is 26.3 Å². The van der Waals surface area contributed by atoms with Crippen LogP contribution in [0.15, 0.2) is 107 Å². The summed E-state index contributed by atoms with van der Waals surface area (Å²) in [5.41, 5.74) is -4.98. The van der Waals surface area contributed by atoms with Crippen LogP contribution in [0.25, 0.3) is 0 Å². The van der Waals surface area contributed by atoms with Crippen molar-refractivity contribution in [1.29, 1.82) is 0 Å². The van der Waals surface area contributed by atoms with E-state index in [0.29, 0.717) is 23.9 Å². The van der Waals surface area contributed by atoms with Crippen LogP contribution in [-0.4, -0.2) is 57.9 Å². The van der Waals surface area contributed by atoms with Gasteiger partial charge in [0.2, 0.25) is 0 Å². The second-order valence-electron chi connectivity index (χ2n) is 13.2. The van der Waals surface area contributed by atoms with Crippen molar-refractivity contribution in [3.05, 3.63) is 163 Å². The number of alkyl halides is 6. The van der Waals surface area contributed by atoms with E-state index in [2.05, 4.69) is 15.3 Å². The summed E-state index contributed by atoms with van der Waals surface area (Å²) in [6.45, 7) is 0. The second-order valence-corrected chi connectivity index (χ2v) is 18.3. The van der Waals surface area contributed by atoms with Gasteiger partial charge in [0.25, 0.3) is 26.0 Å². The summed E-state index contributed by atoms with van der Waals surface area (Å²) in [4.78, 5) is 30.4. The first-order chi connectivity index (χ1) is 31.9. The number of aromatic nitrogens is 2. The zero-order chi connectivity index (χ0) is 52.0. The zero-order valence-electron chi connectivity index (χ0n) is 34.1. The molecule has 0 saturated heterocycles. The summed E-state index contributed by atoms with van der Waals surface area (Å²) in [5.74, 6) is -5.67. The molecule has 0 aliphatic carbocycles. The highest BCUT2D eigenvalue weighted by molar-refractivity contribution is 7.93. The number of carboxylic acid groups (broad SMARTS) is 1. The molecule has 0 unspecified atom stereocenters. The molecule has 0 atom stereocenters. The molecule has 29 heteroatoms. The Morgan fingerprint density at radius 1 is 0.600 bits per heavy atom. The molecule has 0 fully saturated rings. The normalized spacial score (nSPS) is 11.4. The number of nitrogens with zero attached hydrogens (tertiary/aromatic N) is 3. The molecule has 4 N–H and O–H groups in total. The number of pyridine rings is 2. The number of carbonyl (C=O) groups excluding carboxylic acids is 1. The van der Waals surface area contributed by atoms with Crippen molar-refractivity contribution in [2.24, 2.45) is 0 Å². The number of nitrogens with one attached hydrogen (secondary N) is 3. The number of rotatable bonds is 10. The van der Waals surface area contributed by atoms with Gasteiger partial charge in [0.15, 0.2) is 11.4 Å². The second kappa shape index (κ2) is 23.2. The maximum absolute atomic E-state index is 14.1. The molecule has 13 nitrogen and oxygen atoms in total. The Morgan fingerprint density at radius 2 is 1.01 bits per heavy atom. The number of benzene rings is 4. The van der Waals surface area contributed by atoms with E-state index in [-0.39, 0.29) is 23.2 Å². The minimum absolute atomic E-state index is 0. The van der Waals surface area contributed by atoms with Crippen LogP contribution < -0.4 is 19.7 Å². The Bertz CT molecular complexity index is 3160. The monoisotopic (exact) mass is 1110 g/mol. The van der Waals surface area contributed by atoms with Crippen LogP contribution in [0, 0.1) is 23.3 Å². The van der Waals surface area contributed by atoms with Crippen LogP contribution in [-0.2, 0) is 32.4 Å².